The first-order valence-electron chi connectivity index (χ1n) is 10.3. The first-order valence-corrected chi connectivity index (χ1v) is 11.4. The molecule has 0 fully saturated rings. The Morgan fingerprint density at radius 1 is 0.939 bits per heavy atom. The van der Waals surface area contributed by atoms with E-state index in [1.807, 2.05) is 26.0 Å². The number of carbonyl (C=O) groups is 2. The van der Waals surface area contributed by atoms with Crippen LogP contribution < -0.4 is 19.6 Å². The summed E-state index contributed by atoms with van der Waals surface area (Å²) in [4.78, 5) is 24.8. The molecule has 33 heavy (non-hydrogen) atoms. The quantitative estimate of drug-likeness (QED) is 0.130. The molecule has 0 aliphatic heterocycles. The van der Waals surface area contributed by atoms with Crippen LogP contribution in [0.4, 0.5) is 0 Å². The van der Waals surface area contributed by atoms with Gasteiger partial charge in [-0.3, -0.25) is 4.79 Å². The average molecular weight is 558 g/mol. The standard InChI is InChI=1S/C25H23IN2O5/c1-3-31-19-12-10-18(11-13-19)25(30)33-22-14-9-17(15-23(22)32-4-2)16-27-28-24(29)20-7-5-6-8-21(20)26/h5-16H,3-4H2,1-2H3,(H,28,29)/b27-16-. The molecule has 8 heteroatoms. The molecular formula is C25H23IN2O5. The number of hydrogen-bond acceptors (Lipinski definition) is 6. The fourth-order valence-corrected chi connectivity index (χ4v) is 3.47. The molecule has 0 aromatic heterocycles. The minimum atomic E-state index is -0.509. The van der Waals surface area contributed by atoms with Crippen LogP contribution in [0.2, 0.25) is 0 Å². The molecule has 3 aromatic carbocycles. The van der Waals surface area contributed by atoms with E-state index in [1.165, 1.54) is 6.21 Å². The number of nitrogens with one attached hydrogen (secondary N) is 1. The van der Waals surface area contributed by atoms with Crippen molar-refractivity contribution in [3.05, 3.63) is 87.0 Å². The molecule has 0 atom stereocenters. The number of benzene rings is 3. The van der Waals surface area contributed by atoms with Crippen molar-refractivity contribution in [1.29, 1.82) is 0 Å². The lowest BCUT2D eigenvalue weighted by Crippen LogP contribution is -2.18. The Morgan fingerprint density at radius 3 is 2.36 bits per heavy atom. The molecular weight excluding hydrogens is 535 g/mol. The number of carbonyl (C=O) groups excluding carboxylic acids is 2. The van der Waals surface area contributed by atoms with Gasteiger partial charge in [0.1, 0.15) is 5.75 Å². The van der Waals surface area contributed by atoms with Crippen molar-refractivity contribution in [3.63, 3.8) is 0 Å². The molecule has 0 aliphatic rings. The van der Waals surface area contributed by atoms with Gasteiger partial charge in [0.15, 0.2) is 11.5 Å². The highest BCUT2D eigenvalue weighted by atomic mass is 127. The molecule has 0 spiro atoms. The molecule has 1 amide bonds. The topological polar surface area (TPSA) is 86.2 Å². The van der Waals surface area contributed by atoms with Crippen LogP contribution in [0.1, 0.15) is 40.1 Å². The molecule has 7 nitrogen and oxygen atoms in total. The second-order valence-electron chi connectivity index (χ2n) is 6.67. The number of halogens is 1. The maximum atomic E-state index is 12.5. The normalized spacial score (nSPS) is 10.6. The fourth-order valence-electron chi connectivity index (χ4n) is 2.84. The first-order chi connectivity index (χ1) is 16.0. The number of hydrazone groups is 1. The number of esters is 1. The molecule has 3 rings (SSSR count). The molecule has 0 saturated carbocycles. The summed E-state index contributed by atoms with van der Waals surface area (Å²) in [5.41, 5.74) is 4.12. The van der Waals surface area contributed by atoms with Crippen LogP contribution in [0.3, 0.4) is 0 Å². The maximum absolute atomic E-state index is 12.5. The van der Waals surface area contributed by atoms with E-state index in [4.69, 9.17) is 14.2 Å². The molecule has 0 aliphatic carbocycles. The van der Waals surface area contributed by atoms with Gasteiger partial charge < -0.3 is 14.2 Å². The van der Waals surface area contributed by atoms with Crippen molar-refractivity contribution < 1.29 is 23.8 Å². The van der Waals surface area contributed by atoms with E-state index in [2.05, 4.69) is 33.1 Å². The van der Waals surface area contributed by atoms with Crippen molar-refractivity contribution in [3.8, 4) is 17.2 Å². The average Bonchev–Trinajstić information content (AvgIpc) is 2.81. The highest BCUT2D eigenvalue weighted by molar-refractivity contribution is 14.1. The summed E-state index contributed by atoms with van der Waals surface area (Å²) in [6, 6.07) is 19.0. The van der Waals surface area contributed by atoms with E-state index < -0.39 is 5.97 Å². The van der Waals surface area contributed by atoms with Crippen LogP contribution in [0, 0.1) is 3.57 Å². The van der Waals surface area contributed by atoms with Crippen LogP contribution in [-0.2, 0) is 0 Å². The predicted molar refractivity (Wildman–Crippen MR) is 134 cm³/mol. The third-order valence-electron chi connectivity index (χ3n) is 4.37. The highest BCUT2D eigenvalue weighted by Crippen LogP contribution is 2.29. The third kappa shape index (κ3) is 6.79. The Kier molecular flexibility index (Phi) is 8.82. The zero-order chi connectivity index (χ0) is 23.6. The molecule has 3 aromatic rings. The van der Waals surface area contributed by atoms with Crippen molar-refractivity contribution in [2.45, 2.75) is 13.8 Å². The molecule has 1 N–H and O–H groups in total. The van der Waals surface area contributed by atoms with Crippen LogP contribution in [0.5, 0.6) is 17.2 Å². The van der Waals surface area contributed by atoms with Crippen molar-refractivity contribution in [2.24, 2.45) is 5.10 Å². The monoisotopic (exact) mass is 558 g/mol. The van der Waals surface area contributed by atoms with Gasteiger partial charge in [-0.25, -0.2) is 10.2 Å². The van der Waals surface area contributed by atoms with Gasteiger partial charge in [0, 0.05) is 3.57 Å². The Hall–Kier alpha value is -3.40. The summed E-state index contributed by atoms with van der Waals surface area (Å²) >= 11 is 2.10. The van der Waals surface area contributed by atoms with E-state index in [-0.39, 0.29) is 11.7 Å². The number of ether oxygens (including phenoxy) is 3. The van der Waals surface area contributed by atoms with Gasteiger partial charge in [0.05, 0.1) is 30.6 Å². The summed E-state index contributed by atoms with van der Waals surface area (Å²) in [6.07, 6.45) is 1.49. The summed E-state index contributed by atoms with van der Waals surface area (Å²) < 4.78 is 17.4. The third-order valence-corrected chi connectivity index (χ3v) is 5.31. The van der Waals surface area contributed by atoms with Crippen molar-refractivity contribution in [2.75, 3.05) is 13.2 Å². The SMILES string of the molecule is CCOc1ccc(C(=O)Oc2ccc(/C=N\NC(=O)c3ccccc3I)cc2OCC)cc1. The van der Waals surface area contributed by atoms with Gasteiger partial charge in [-0.15, -0.1) is 0 Å². The zero-order valence-electron chi connectivity index (χ0n) is 18.2. The fraction of sp³-hybridized carbons (Fsp3) is 0.160. The maximum Gasteiger partial charge on any atom is 0.343 e. The largest absolute Gasteiger partial charge is 0.494 e. The predicted octanol–water partition coefficient (Wildman–Crippen LogP) is 5.07. The Bertz CT molecular complexity index is 1150. The smallest absolute Gasteiger partial charge is 0.343 e. The van der Waals surface area contributed by atoms with E-state index in [0.717, 1.165) is 3.57 Å². The van der Waals surface area contributed by atoms with E-state index in [1.54, 1.807) is 54.6 Å². The van der Waals surface area contributed by atoms with Gasteiger partial charge >= 0.3 is 5.97 Å². The number of nitrogens with zero attached hydrogens (tertiary/aromatic N) is 1. The van der Waals surface area contributed by atoms with Gasteiger partial charge in [0.2, 0.25) is 0 Å². The van der Waals surface area contributed by atoms with Crippen molar-refractivity contribution in [1.82, 2.24) is 5.43 Å². The minimum absolute atomic E-state index is 0.288. The second kappa shape index (κ2) is 12.0. The van der Waals surface area contributed by atoms with Gasteiger partial charge in [-0.05, 0) is 96.6 Å². The second-order valence-corrected chi connectivity index (χ2v) is 7.83. The van der Waals surface area contributed by atoms with Crippen LogP contribution in [0.15, 0.2) is 71.8 Å². The molecule has 0 radical (unpaired) electrons. The van der Waals surface area contributed by atoms with Crippen LogP contribution in [-0.4, -0.2) is 31.3 Å². The Balaban J connectivity index is 1.69. The lowest BCUT2D eigenvalue weighted by Gasteiger charge is -2.11. The lowest BCUT2D eigenvalue weighted by atomic mass is 10.2. The highest BCUT2D eigenvalue weighted by Gasteiger charge is 2.14. The zero-order valence-corrected chi connectivity index (χ0v) is 20.4. The van der Waals surface area contributed by atoms with Gasteiger partial charge in [-0.2, -0.15) is 5.10 Å². The summed E-state index contributed by atoms with van der Waals surface area (Å²) in [6.45, 7) is 4.66. The van der Waals surface area contributed by atoms with Crippen molar-refractivity contribution >= 4 is 40.7 Å². The molecule has 0 bridgehead atoms. The lowest BCUT2D eigenvalue weighted by molar-refractivity contribution is 0.0728. The van der Waals surface area contributed by atoms with E-state index >= 15 is 0 Å². The number of rotatable bonds is 9. The molecule has 0 saturated heterocycles. The van der Waals surface area contributed by atoms with Crippen LogP contribution >= 0.6 is 22.6 Å². The molecule has 0 unspecified atom stereocenters. The number of amides is 1. The van der Waals surface area contributed by atoms with E-state index in [0.29, 0.717) is 41.4 Å². The molecule has 0 heterocycles. The Morgan fingerprint density at radius 2 is 1.67 bits per heavy atom. The number of hydrogen-bond donors (Lipinski definition) is 1. The Labute approximate surface area is 205 Å². The van der Waals surface area contributed by atoms with Gasteiger partial charge in [0.25, 0.3) is 5.91 Å². The summed E-state index contributed by atoms with van der Waals surface area (Å²) in [7, 11) is 0. The molecule has 170 valence electrons. The van der Waals surface area contributed by atoms with Crippen LogP contribution in [0.25, 0.3) is 0 Å². The minimum Gasteiger partial charge on any atom is -0.494 e. The first kappa shape index (κ1) is 24.2. The van der Waals surface area contributed by atoms with E-state index in [9.17, 15) is 9.59 Å². The van der Waals surface area contributed by atoms with Gasteiger partial charge in [-0.1, -0.05) is 12.1 Å². The summed E-state index contributed by atoms with van der Waals surface area (Å²) in [5, 5.41) is 4.02. The summed E-state index contributed by atoms with van der Waals surface area (Å²) in [5.74, 6) is 0.550.